The Balaban J connectivity index is 1.86. The van der Waals surface area contributed by atoms with Gasteiger partial charge in [-0.3, -0.25) is 9.59 Å². The molecule has 0 aliphatic carbocycles. The van der Waals surface area contributed by atoms with E-state index in [-0.39, 0.29) is 22.0 Å². The molecule has 9 heteroatoms. The summed E-state index contributed by atoms with van der Waals surface area (Å²) >= 11 is 5.87. The van der Waals surface area contributed by atoms with Crippen molar-refractivity contribution in [1.82, 2.24) is 4.98 Å². The third-order valence-electron chi connectivity index (χ3n) is 5.73. The standard InChI is InChI=1S/C26H22ClN3O5/c1-12-10-17(14(3)29-19-8-9-20(27)30-21(19)26(33)34)24-18(11-12)22(31)13(2)23(35-24)15-4-6-16(7-5-15)25(28)32/h4-11,14,29H,1-3H3,(H2,28,32)(H,33,34)/t14-/m1/s1. The normalized spacial score (nSPS) is 11.9. The number of aromatic carboxylic acids is 1. The van der Waals surface area contributed by atoms with Gasteiger partial charge in [-0.25, -0.2) is 9.78 Å². The van der Waals surface area contributed by atoms with Crippen LogP contribution in [0.5, 0.6) is 0 Å². The minimum Gasteiger partial charge on any atom is -0.476 e. The first-order valence-electron chi connectivity index (χ1n) is 10.7. The molecular weight excluding hydrogens is 470 g/mol. The Morgan fingerprint density at radius 3 is 2.43 bits per heavy atom. The van der Waals surface area contributed by atoms with Crippen LogP contribution in [-0.4, -0.2) is 22.0 Å². The lowest BCUT2D eigenvalue weighted by molar-refractivity contribution is 0.0691. The highest BCUT2D eigenvalue weighted by Crippen LogP contribution is 2.32. The molecule has 0 spiro atoms. The van der Waals surface area contributed by atoms with Gasteiger partial charge in [0.05, 0.1) is 17.1 Å². The summed E-state index contributed by atoms with van der Waals surface area (Å²) in [5.41, 5.74) is 8.49. The predicted molar refractivity (Wildman–Crippen MR) is 134 cm³/mol. The monoisotopic (exact) mass is 491 g/mol. The second-order valence-corrected chi connectivity index (χ2v) is 8.65. The van der Waals surface area contributed by atoms with Crippen molar-refractivity contribution in [1.29, 1.82) is 0 Å². The number of halogens is 1. The van der Waals surface area contributed by atoms with Crippen LogP contribution in [0.1, 0.15) is 50.5 Å². The fourth-order valence-corrected chi connectivity index (χ4v) is 4.12. The molecule has 4 aromatic rings. The summed E-state index contributed by atoms with van der Waals surface area (Å²) in [6, 6.07) is 12.7. The minimum atomic E-state index is -1.22. The topological polar surface area (TPSA) is 136 Å². The summed E-state index contributed by atoms with van der Waals surface area (Å²) in [5, 5.41) is 13.2. The van der Waals surface area contributed by atoms with Crippen molar-refractivity contribution in [2.75, 3.05) is 5.32 Å². The number of pyridine rings is 1. The molecular formula is C26H22ClN3O5. The third-order valence-corrected chi connectivity index (χ3v) is 5.94. The van der Waals surface area contributed by atoms with Gasteiger partial charge in [-0.1, -0.05) is 29.8 Å². The molecule has 1 atom stereocenters. The number of fused-ring (bicyclic) bond motifs is 1. The average Bonchev–Trinajstić information content (AvgIpc) is 2.82. The van der Waals surface area contributed by atoms with E-state index < -0.39 is 17.9 Å². The van der Waals surface area contributed by atoms with Crippen LogP contribution in [-0.2, 0) is 0 Å². The molecule has 0 fully saturated rings. The van der Waals surface area contributed by atoms with E-state index >= 15 is 0 Å². The summed E-state index contributed by atoms with van der Waals surface area (Å²) in [6.07, 6.45) is 0. The van der Waals surface area contributed by atoms with E-state index in [9.17, 15) is 19.5 Å². The SMILES string of the molecule is Cc1cc([C@@H](C)Nc2ccc(Cl)nc2C(=O)O)c2oc(-c3ccc(C(N)=O)cc3)c(C)c(=O)c2c1. The van der Waals surface area contributed by atoms with E-state index in [0.29, 0.717) is 39.0 Å². The van der Waals surface area contributed by atoms with E-state index in [1.807, 2.05) is 19.9 Å². The average molecular weight is 492 g/mol. The Kier molecular flexibility index (Phi) is 6.32. The van der Waals surface area contributed by atoms with Gasteiger partial charge >= 0.3 is 5.97 Å². The lowest BCUT2D eigenvalue weighted by Gasteiger charge is -2.19. The number of nitrogens with zero attached hydrogens (tertiary/aromatic N) is 1. The number of primary amides is 1. The number of hydrogen-bond acceptors (Lipinski definition) is 6. The number of aryl methyl sites for hydroxylation is 1. The Bertz CT molecular complexity index is 1540. The molecule has 2 heterocycles. The quantitative estimate of drug-likeness (QED) is 0.319. The Labute approximate surface area is 205 Å². The van der Waals surface area contributed by atoms with Crippen LogP contribution in [0.3, 0.4) is 0 Å². The number of carboxylic acid groups (broad SMARTS) is 1. The van der Waals surface area contributed by atoms with Gasteiger partial charge < -0.3 is 20.6 Å². The molecule has 4 rings (SSSR count). The van der Waals surface area contributed by atoms with Gasteiger partial charge in [0, 0.05) is 22.3 Å². The number of amides is 1. The zero-order valence-corrected chi connectivity index (χ0v) is 19.9. The predicted octanol–water partition coefficient (Wildman–Crippen LogP) is 5.10. The van der Waals surface area contributed by atoms with Crippen molar-refractivity contribution < 1.29 is 19.1 Å². The number of rotatable bonds is 6. The maximum atomic E-state index is 13.3. The summed E-state index contributed by atoms with van der Waals surface area (Å²) in [4.78, 5) is 40.3. The Morgan fingerprint density at radius 2 is 1.80 bits per heavy atom. The lowest BCUT2D eigenvalue weighted by atomic mass is 9.98. The number of benzene rings is 2. The third kappa shape index (κ3) is 4.61. The van der Waals surface area contributed by atoms with E-state index in [0.717, 1.165) is 5.56 Å². The molecule has 1 amide bonds. The molecule has 0 radical (unpaired) electrons. The van der Waals surface area contributed by atoms with Crippen LogP contribution in [0.15, 0.2) is 57.7 Å². The Morgan fingerprint density at radius 1 is 1.11 bits per heavy atom. The van der Waals surface area contributed by atoms with E-state index in [4.69, 9.17) is 21.8 Å². The van der Waals surface area contributed by atoms with Crippen LogP contribution >= 0.6 is 11.6 Å². The highest BCUT2D eigenvalue weighted by atomic mass is 35.5. The molecule has 0 aliphatic heterocycles. The van der Waals surface area contributed by atoms with Gasteiger partial charge in [-0.15, -0.1) is 0 Å². The smallest absolute Gasteiger partial charge is 0.356 e. The summed E-state index contributed by atoms with van der Waals surface area (Å²) < 4.78 is 6.29. The molecule has 0 unspecified atom stereocenters. The zero-order chi connectivity index (χ0) is 25.4. The largest absolute Gasteiger partial charge is 0.476 e. The first-order valence-corrected chi connectivity index (χ1v) is 11.1. The number of anilines is 1. The van der Waals surface area contributed by atoms with E-state index in [1.54, 1.807) is 43.3 Å². The van der Waals surface area contributed by atoms with Crippen LogP contribution in [0.4, 0.5) is 5.69 Å². The molecule has 178 valence electrons. The lowest BCUT2D eigenvalue weighted by Crippen LogP contribution is -2.14. The highest BCUT2D eigenvalue weighted by Gasteiger charge is 2.21. The van der Waals surface area contributed by atoms with Crippen LogP contribution in [0.2, 0.25) is 5.15 Å². The van der Waals surface area contributed by atoms with Crippen molar-refractivity contribution in [2.45, 2.75) is 26.8 Å². The van der Waals surface area contributed by atoms with Gasteiger partial charge in [-0.05, 0) is 56.7 Å². The van der Waals surface area contributed by atoms with Crippen LogP contribution < -0.4 is 16.5 Å². The highest BCUT2D eigenvalue weighted by molar-refractivity contribution is 6.29. The van der Waals surface area contributed by atoms with Crippen LogP contribution in [0.25, 0.3) is 22.3 Å². The number of carboxylic acids is 1. The number of aromatic nitrogens is 1. The Hall–Kier alpha value is -4.17. The van der Waals surface area contributed by atoms with Gasteiger partial charge in [0.25, 0.3) is 0 Å². The van der Waals surface area contributed by atoms with Crippen molar-refractivity contribution in [3.63, 3.8) is 0 Å². The second-order valence-electron chi connectivity index (χ2n) is 8.26. The molecule has 2 aromatic heterocycles. The van der Waals surface area contributed by atoms with E-state index in [1.165, 1.54) is 6.07 Å². The van der Waals surface area contributed by atoms with Crippen molar-refractivity contribution in [2.24, 2.45) is 5.73 Å². The molecule has 8 nitrogen and oxygen atoms in total. The van der Waals surface area contributed by atoms with Gasteiger partial charge in [0.15, 0.2) is 11.1 Å². The summed E-state index contributed by atoms with van der Waals surface area (Å²) in [7, 11) is 0. The van der Waals surface area contributed by atoms with Crippen molar-refractivity contribution >= 4 is 40.1 Å². The molecule has 0 aliphatic rings. The fourth-order valence-electron chi connectivity index (χ4n) is 3.98. The fraction of sp³-hybridized carbons (Fsp3) is 0.154. The van der Waals surface area contributed by atoms with Gasteiger partial charge in [-0.2, -0.15) is 0 Å². The van der Waals surface area contributed by atoms with Crippen molar-refractivity contribution in [3.05, 3.63) is 91.9 Å². The number of carbonyl (C=O) groups excluding carboxylic acids is 1. The maximum Gasteiger partial charge on any atom is 0.356 e. The molecule has 0 bridgehead atoms. The summed E-state index contributed by atoms with van der Waals surface area (Å²) in [5.74, 6) is -1.40. The second kappa shape index (κ2) is 9.23. The first kappa shape index (κ1) is 24.0. The number of nitrogens with two attached hydrogens (primary N) is 1. The molecule has 2 aromatic carbocycles. The molecule has 4 N–H and O–H groups in total. The van der Waals surface area contributed by atoms with Crippen molar-refractivity contribution in [3.8, 4) is 11.3 Å². The zero-order valence-electron chi connectivity index (χ0n) is 19.2. The van der Waals surface area contributed by atoms with Gasteiger partial charge in [0.2, 0.25) is 5.91 Å². The maximum absolute atomic E-state index is 13.3. The van der Waals surface area contributed by atoms with Gasteiger partial charge in [0.1, 0.15) is 16.5 Å². The minimum absolute atomic E-state index is 0.0649. The van der Waals surface area contributed by atoms with E-state index in [2.05, 4.69) is 10.3 Å². The summed E-state index contributed by atoms with van der Waals surface area (Å²) in [6.45, 7) is 5.38. The first-order chi connectivity index (χ1) is 16.6. The van der Waals surface area contributed by atoms with Crippen LogP contribution in [0, 0.1) is 13.8 Å². The molecule has 0 saturated carbocycles. The number of nitrogens with one attached hydrogen (secondary N) is 1. The number of hydrogen-bond donors (Lipinski definition) is 3. The number of carbonyl (C=O) groups is 2. The molecule has 35 heavy (non-hydrogen) atoms. The molecule has 0 saturated heterocycles.